The van der Waals surface area contributed by atoms with Crippen LogP contribution in [-0.4, -0.2) is 50.8 Å². The van der Waals surface area contributed by atoms with Gasteiger partial charge in [0.15, 0.2) is 0 Å². The number of piperidine rings is 1. The Kier molecular flexibility index (Phi) is 6.60. The maximum Gasteiger partial charge on any atom is 0.133 e. The van der Waals surface area contributed by atoms with Crippen LogP contribution in [0.4, 0.5) is 5.82 Å². The van der Waals surface area contributed by atoms with Gasteiger partial charge >= 0.3 is 0 Å². The minimum atomic E-state index is 0.348. The number of hydrogen-bond acceptors (Lipinski definition) is 5. The molecule has 6 nitrogen and oxygen atoms in total. The van der Waals surface area contributed by atoms with Gasteiger partial charge in [-0.3, -0.25) is 9.58 Å². The number of nitrogens with zero attached hydrogens (tertiary/aromatic N) is 6. The Bertz CT molecular complexity index is 1060. The topological polar surface area (TPSA) is 50.1 Å². The van der Waals surface area contributed by atoms with Gasteiger partial charge < -0.3 is 4.90 Å². The number of aromatic nitrogens is 4. The van der Waals surface area contributed by atoms with Crippen LogP contribution in [0.2, 0.25) is 0 Å². The zero-order chi connectivity index (χ0) is 22.8. The van der Waals surface area contributed by atoms with Gasteiger partial charge in [-0.2, -0.15) is 5.10 Å². The lowest BCUT2D eigenvalue weighted by molar-refractivity contribution is 0.200. The van der Waals surface area contributed by atoms with Crippen molar-refractivity contribution in [1.82, 2.24) is 24.6 Å². The fourth-order valence-electron chi connectivity index (χ4n) is 4.63. The summed E-state index contributed by atoms with van der Waals surface area (Å²) in [4.78, 5) is 14.4. The summed E-state index contributed by atoms with van der Waals surface area (Å²) in [7, 11) is 4.28. The Morgan fingerprint density at radius 2 is 1.81 bits per heavy atom. The van der Waals surface area contributed by atoms with Crippen molar-refractivity contribution in [1.29, 1.82) is 0 Å². The zero-order valence-electron chi connectivity index (χ0n) is 20.3. The molecule has 0 atom stereocenters. The summed E-state index contributed by atoms with van der Waals surface area (Å²) in [5.41, 5.74) is 6.15. The Labute approximate surface area is 192 Å². The highest BCUT2D eigenvalue weighted by Crippen LogP contribution is 2.28. The van der Waals surface area contributed by atoms with E-state index in [1.165, 1.54) is 22.4 Å². The number of rotatable bonds is 6. The number of hydrogen-bond donors (Lipinski definition) is 0. The molecule has 0 spiro atoms. The monoisotopic (exact) mass is 432 g/mol. The van der Waals surface area contributed by atoms with E-state index in [2.05, 4.69) is 85.0 Å². The largest absolute Gasteiger partial charge is 0.356 e. The van der Waals surface area contributed by atoms with Gasteiger partial charge in [0.25, 0.3) is 0 Å². The van der Waals surface area contributed by atoms with Crippen LogP contribution in [0.3, 0.4) is 0 Å². The van der Waals surface area contributed by atoms with Crippen molar-refractivity contribution in [2.24, 2.45) is 7.05 Å². The first-order valence-electron chi connectivity index (χ1n) is 11.7. The van der Waals surface area contributed by atoms with E-state index < -0.39 is 0 Å². The zero-order valence-corrected chi connectivity index (χ0v) is 20.3. The molecule has 1 aliphatic rings. The maximum absolute atomic E-state index is 4.84. The molecule has 0 unspecified atom stereocenters. The Balaban J connectivity index is 1.44. The maximum atomic E-state index is 4.84. The Morgan fingerprint density at radius 1 is 1.06 bits per heavy atom. The van der Waals surface area contributed by atoms with Gasteiger partial charge in [0.2, 0.25) is 0 Å². The van der Waals surface area contributed by atoms with Crippen molar-refractivity contribution >= 4 is 5.82 Å². The number of aryl methyl sites for hydroxylation is 3. The molecule has 3 aromatic rings. The molecule has 0 amide bonds. The fraction of sp³-hybridized carbons (Fsp3) is 0.500. The van der Waals surface area contributed by atoms with Gasteiger partial charge in [-0.25, -0.2) is 9.97 Å². The Morgan fingerprint density at radius 3 is 2.47 bits per heavy atom. The molecule has 0 aliphatic carbocycles. The van der Waals surface area contributed by atoms with E-state index in [1.807, 2.05) is 17.9 Å². The first kappa shape index (κ1) is 22.5. The Hall–Kier alpha value is -2.73. The fourth-order valence-corrected chi connectivity index (χ4v) is 4.63. The summed E-state index contributed by atoms with van der Waals surface area (Å²) in [5.74, 6) is 2.38. The summed E-state index contributed by atoms with van der Waals surface area (Å²) in [6, 6.07) is 11.6. The average Bonchev–Trinajstić information content (AvgIpc) is 3.20. The van der Waals surface area contributed by atoms with Crippen LogP contribution < -0.4 is 4.90 Å². The van der Waals surface area contributed by atoms with Crippen molar-refractivity contribution in [3.63, 3.8) is 0 Å². The molecule has 0 bridgehead atoms. The SMILES string of the molecule is Cc1ccc(CN(C)C2CCN(c3cc(C)nc(C(C)C)n3)CC2)c(-c2ccnn2C)c1. The second-order valence-corrected chi connectivity index (χ2v) is 9.51. The van der Waals surface area contributed by atoms with E-state index in [-0.39, 0.29) is 0 Å². The van der Waals surface area contributed by atoms with Crippen LogP contribution in [0.5, 0.6) is 0 Å². The third-order valence-electron chi connectivity index (χ3n) is 6.57. The van der Waals surface area contributed by atoms with E-state index in [9.17, 15) is 0 Å². The summed E-state index contributed by atoms with van der Waals surface area (Å²) in [5, 5.41) is 4.38. The second kappa shape index (κ2) is 9.41. The van der Waals surface area contributed by atoms with Crippen LogP contribution in [0.1, 0.15) is 55.3 Å². The van der Waals surface area contributed by atoms with Crippen molar-refractivity contribution in [2.45, 2.75) is 59.0 Å². The van der Waals surface area contributed by atoms with E-state index in [4.69, 9.17) is 4.98 Å². The molecule has 1 fully saturated rings. The van der Waals surface area contributed by atoms with Gasteiger partial charge in [-0.15, -0.1) is 0 Å². The molecule has 170 valence electrons. The van der Waals surface area contributed by atoms with Crippen molar-refractivity contribution in [3.05, 3.63) is 59.2 Å². The van der Waals surface area contributed by atoms with Gasteiger partial charge in [0, 0.05) is 62.2 Å². The van der Waals surface area contributed by atoms with Crippen LogP contribution in [0.15, 0.2) is 36.5 Å². The average molecular weight is 433 g/mol. The molecule has 2 aromatic heterocycles. The second-order valence-electron chi connectivity index (χ2n) is 9.51. The van der Waals surface area contributed by atoms with Gasteiger partial charge in [0.05, 0.1) is 5.69 Å². The lowest BCUT2D eigenvalue weighted by Crippen LogP contribution is -2.43. The highest BCUT2D eigenvalue weighted by Gasteiger charge is 2.25. The molecular weight excluding hydrogens is 396 g/mol. The highest BCUT2D eigenvalue weighted by molar-refractivity contribution is 5.64. The van der Waals surface area contributed by atoms with Gasteiger partial charge in [-0.05, 0) is 51.4 Å². The molecular formula is C26H36N6. The predicted molar refractivity (Wildman–Crippen MR) is 131 cm³/mol. The van der Waals surface area contributed by atoms with Crippen molar-refractivity contribution in [3.8, 4) is 11.3 Å². The molecule has 32 heavy (non-hydrogen) atoms. The normalized spacial score (nSPS) is 15.2. The lowest BCUT2D eigenvalue weighted by atomic mass is 9.99. The standard InChI is InChI=1S/C26H36N6/c1-18(2)26-28-20(4)16-25(29-26)32-13-10-22(11-14-32)30(5)17-21-8-7-19(3)15-23(21)24-9-12-27-31(24)6/h7-9,12,15-16,18,22H,10-11,13-14,17H2,1-6H3. The first-order valence-corrected chi connectivity index (χ1v) is 11.7. The minimum Gasteiger partial charge on any atom is -0.356 e. The van der Waals surface area contributed by atoms with E-state index in [0.29, 0.717) is 12.0 Å². The third-order valence-corrected chi connectivity index (χ3v) is 6.57. The van der Waals surface area contributed by atoms with E-state index >= 15 is 0 Å². The molecule has 0 radical (unpaired) electrons. The number of anilines is 1. The molecule has 4 rings (SSSR count). The molecule has 1 saturated heterocycles. The van der Waals surface area contributed by atoms with Crippen LogP contribution in [0.25, 0.3) is 11.3 Å². The van der Waals surface area contributed by atoms with Gasteiger partial charge in [0.1, 0.15) is 11.6 Å². The molecule has 1 aliphatic heterocycles. The van der Waals surface area contributed by atoms with Crippen LogP contribution in [0, 0.1) is 13.8 Å². The molecule has 1 aromatic carbocycles. The third kappa shape index (κ3) is 4.85. The predicted octanol–water partition coefficient (Wildman–Crippen LogP) is 4.72. The molecule has 6 heteroatoms. The van der Waals surface area contributed by atoms with E-state index in [1.54, 1.807) is 0 Å². The smallest absolute Gasteiger partial charge is 0.133 e. The summed E-state index contributed by atoms with van der Waals surface area (Å²) >= 11 is 0. The summed E-state index contributed by atoms with van der Waals surface area (Å²) < 4.78 is 1.96. The quantitative estimate of drug-likeness (QED) is 0.564. The molecule has 3 heterocycles. The van der Waals surface area contributed by atoms with Crippen LogP contribution >= 0.6 is 0 Å². The minimum absolute atomic E-state index is 0.348. The first-order chi connectivity index (χ1) is 15.3. The van der Waals surface area contributed by atoms with E-state index in [0.717, 1.165) is 49.8 Å². The molecule has 0 saturated carbocycles. The highest BCUT2D eigenvalue weighted by atomic mass is 15.3. The van der Waals surface area contributed by atoms with Crippen LogP contribution in [-0.2, 0) is 13.6 Å². The molecule has 0 N–H and O–H groups in total. The van der Waals surface area contributed by atoms with Crippen molar-refractivity contribution < 1.29 is 0 Å². The number of benzene rings is 1. The summed E-state index contributed by atoms with van der Waals surface area (Å²) in [6.45, 7) is 11.5. The van der Waals surface area contributed by atoms with Crippen molar-refractivity contribution in [2.75, 3.05) is 25.0 Å². The van der Waals surface area contributed by atoms with Gasteiger partial charge in [-0.1, -0.05) is 31.5 Å². The summed E-state index contributed by atoms with van der Waals surface area (Å²) in [6.07, 6.45) is 4.16. The lowest BCUT2D eigenvalue weighted by Gasteiger charge is -2.37.